The second kappa shape index (κ2) is 10.3. The van der Waals surface area contributed by atoms with Gasteiger partial charge in [-0.05, 0) is 81.1 Å². The fraction of sp³-hybridized carbons (Fsp3) is 0.686. The maximum atomic E-state index is 14.2. The second-order valence-electron chi connectivity index (χ2n) is 15.4. The van der Waals surface area contributed by atoms with E-state index in [0.29, 0.717) is 23.0 Å². The van der Waals surface area contributed by atoms with Crippen LogP contribution in [0.1, 0.15) is 105 Å². The number of rotatable bonds is 5. The average Bonchev–Trinajstić information content (AvgIpc) is 3.40. The highest BCUT2D eigenvalue weighted by molar-refractivity contribution is 6.00. The molecule has 6 atom stereocenters. The van der Waals surface area contributed by atoms with E-state index in [4.69, 9.17) is 9.47 Å². The first-order valence-corrected chi connectivity index (χ1v) is 15.7. The Morgan fingerprint density at radius 2 is 1.29 bits per heavy atom. The number of dihydropyridines is 1. The molecule has 4 aliphatic carbocycles. The summed E-state index contributed by atoms with van der Waals surface area (Å²) in [7, 11) is 1.96. The average molecular weight is 689 g/mol. The number of hydrogen-bond donors (Lipinski definition) is 1. The molecule has 0 radical (unpaired) electrons. The molecule has 4 bridgehead atoms. The zero-order valence-corrected chi connectivity index (χ0v) is 29.1. The predicted molar refractivity (Wildman–Crippen MR) is 157 cm³/mol. The third-order valence-corrected chi connectivity index (χ3v) is 13.4. The van der Waals surface area contributed by atoms with Crippen molar-refractivity contribution in [2.45, 2.75) is 112 Å². The highest BCUT2D eigenvalue weighted by Gasteiger charge is 2.64. The highest BCUT2D eigenvalue weighted by Crippen LogP contribution is 2.67. The first kappa shape index (κ1) is 31.5. The van der Waals surface area contributed by atoms with E-state index in [1.165, 1.54) is 12.8 Å². The number of carbonyl (C=O) groups excluding carboxylic acids is 2. The SMILES string of the molecule is CC1=C(C(=O)OC2CC3CCC2(C)C3(C)C)C(c2ccc[n+](C)c2)C(C(=O)OC2CC3CCC2(C)C3(C)C)=C(C)N1.[I-]. The third kappa shape index (κ3) is 4.33. The van der Waals surface area contributed by atoms with E-state index in [1.807, 2.05) is 50.0 Å². The maximum absolute atomic E-state index is 14.2. The van der Waals surface area contributed by atoms with Crippen LogP contribution in [0.3, 0.4) is 0 Å². The Kier molecular flexibility index (Phi) is 7.76. The van der Waals surface area contributed by atoms with Crippen molar-refractivity contribution in [2.24, 2.45) is 40.5 Å². The number of halogens is 1. The molecule has 0 aromatic carbocycles. The molecular formula is C35H49IN2O4. The molecule has 2 heterocycles. The number of allylic oxidation sites excluding steroid dienone is 2. The van der Waals surface area contributed by atoms with Gasteiger partial charge in [0, 0.05) is 33.9 Å². The number of nitrogens with one attached hydrogen (secondary N) is 1. The van der Waals surface area contributed by atoms with Crippen LogP contribution in [0.4, 0.5) is 0 Å². The Balaban J connectivity index is 0.00000353. The minimum Gasteiger partial charge on any atom is -1.00 e. The highest BCUT2D eigenvalue weighted by atomic mass is 127. The summed E-state index contributed by atoms with van der Waals surface area (Å²) in [5, 5.41) is 3.38. The van der Waals surface area contributed by atoms with Crippen molar-refractivity contribution >= 4 is 11.9 Å². The fourth-order valence-electron chi connectivity index (χ4n) is 9.65. The lowest BCUT2D eigenvalue weighted by molar-refractivity contribution is -0.671. The molecule has 1 aromatic heterocycles. The predicted octanol–water partition coefficient (Wildman–Crippen LogP) is 3.27. The monoisotopic (exact) mass is 688 g/mol. The molecule has 1 N–H and O–H groups in total. The Bertz CT molecular complexity index is 1300. The lowest BCUT2D eigenvalue weighted by atomic mass is 9.70. The van der Waals surface area contributed by atoms with Crippen LogP contribution in [0.5, 0.6) is 0 Å². The first-order valence-electron chi connectivity index (χ1n) is 15.7. The molecule has 230 valence electrons. The Morgan fingerprint density at radius 3 is 1.64 bits per heavy atom. The number of ether oxygens (including phenoxy) is 2. The van der Waals surface area contributed by atoms with E-state index < -0.39 is 5.92 Å². The molecule has 0 amide bonds. The van der Waals surface area contributed by atoms with Crippen LogP contribution in [0.2, 0.25) is 0 Å². The van der Waals surface area contributed by atoms with Crippen LogP contribution in [-0.4, -0.2) is 24.1 Å². The van der Waals surface area contributed by atoms with Gasteiger partial charge in [-0.3, -0.25) is 0 Å². The minimum absolute atomic E-state index is 0. The van der Waals surface area contributed by atoms with E-state index >= 15 is 0 Å². The van der Waals surface area contributed by atoms with Gasteiger partial charge in [-0.25, -0.2) is 14.2 Å². The third-order valence-electron chi connectivity index (χ3n) is 13.4. The minimum atomic E-state index is -0.567. The van der Waals surface area contributed by atoms with Crippen molar-refractivity contribution in [1.82, 2.24) is 5.32 Å². The number of esters is 2. The lowest BCUT2D eigenvalue weighted by Gasteiger charge is -2.40. The van der Waals surface area contributed by atoms with Gasteiger partial charge in [-0.15, -0.1) is 0 Å². The van der Waals surface area contributed by atoms with Gasteiger partial charge >= 0.3 is 11.9 Å². The van der Waals surface area contributed by atoms with Gasteiger partial charge in [0.05, 0.1) is 17.1 Å². The molecule has 6 nitrogen and oxygen atoms in total. The molecule has 4 saturated carbocycles. The lowest BCUT2D eigenvalue weighted by Crippen LogP contribution is -3.00. The van der Waals surface area contributed by atoms with E-state index in [9.17, 15) is 9.59 Å². The first-order chi connectivity index (χ1) is 19.1. The van der Waals surface area contributed by atoms with Crippen LogP contribution in [0, 0.1) is 33.5 Å². The van der Waals surface area contributed by atoms with Gasteiger partial charge in [0.15, 0.2) is 12.4 Å². The Hall–Kier alpha value is -1.90. The van der Waals surface area contributed by atoms with Gasteiger partial charge in [0.25, 0.3) is 0 Å². The van der Waals surface area contributed by atoms with Crippen molar-refractivity contribution in [1.29, 1.82) is 0 Å². The summed E-state index contributed by atoms with van der Waals surface area (Å²) in [4.78, 5) is 28.4. The largest absolute Gasteiger partial charge is 1.00 e. The summed E-state index contributed by atoms with van der Waals surface area (Å²) < 4.78 is 14.8. The molecule has 1 aromatic rings. The molecule has 0 saturated heterocycles. The quantitative estimate of drug-likeness (QED) is 0.293. The summed E-state index contributed by atoms with van der Waals surface area (Å²) in [6.07, 6.45) is 10.0. The fourth-order valence-corrected chi connectivity index (χ4v) is 9.65. The summed E-state index contributed by atoms with van der Waals surface area (Å²) in [5.41, 5.74) is 3.56. The summed E-state index contributed by atoms with van der Waals surface area (Å²) >= 11 is 0. The number of nitrogens with zero attached hydrogens (tertiary/aromatic N) is 1. The van der Waals surface area contributed by atoms with Crippen LogP contribution in [-0.2, 0) is 26.1 Å². The van der Waals surface area contributed by atoms with Crippen molar-refractivity contribution < 1.29 is 47.6 Å². The standard InChI is InChI=1S/C35H48N2O4.HI/c1-20-27(30(38)40-25-17-23-12-14-34(25,7)32(23,3)4)29(22-11-10-16-37(9)19-22)28(21(2)36-20)31(39)41-26-18-24-13-15-35(26,8)33(24,5)6;/h10-11,16,19,23-26,29H,12-15,17-18H2,1-9H3;1H. The van der Waals surface area contributed by atoms with Crippen LogP contribution >= 0.6 is 0 Å². The molecule has 4 fully saturated rings. The van der Waals surface area contributed by atoms with Crippen molar-refractivity contribution in [3.63, 3.8) is 0 Å². The van der Waals surface area contributed by atoms with Crippen molar-refractivity contribution in [3.8, 4) is 0 Å². The summed E-state index contributed by atoms with van der Waals surface area (Å²) in [5.74, 6) is -0.0935. The smallest absolute Gasteiger partial charge is 0.337 e. The summed E-state index contributed by atoms with van der Waals surface area (Å²) in [6, 6.07) is 3.97. The van der Waals surface area contributed by atoms with Gasteiger partial charge in [-0.1, -0.05) is 41.5 Å². The molecule has 5 aliphatic rings. The Morgan fingerprint density at radius 1 is 0.833 bits per heavy atom. The normalized spacial score (nSPS) is 37.4. The van der Waals surface area contributed by atoms with Gasteiger partial charge in [0.2, 0.25) is 0 Å². The van der Waals surface area contributed by atoms with E-state index in [1.54, 1.807) is 0 Å². The van der Waals surface area contributed by atoms with Crippen LogP contribution in [0.25, 0.3) is 0 Å². The number of hydrogen-bond acceptors (Lipinski definition) is 5. The van der Waals surface area contributed by atoms with Gasteiger partial charge in [0.1, 0.15) is 19.3 Å². The van der Waals surface area contributed by atoms with E-state index in [-0.39, 0.29) is 69.8 Å². The Labute approximate surface area is 269 Å². The number of carbonyl (C=O) groups is 2. The number of aryl methyl sites for hydroxylation is 1. The maximum Gasteiger partial charge on any atom is 0.337 e. The number of pyridine rings is 1. The summed E-state index contributed by atoms with van der Waals surface area (Å²) in [6.45, 7) is 17.7. The van der Waals surface area contributed by atoms with Gasteiger partial charge < -0.3 is 38.8 Å². The molecule has 1 aliphatic heterocycles. The second-order valence-corrected chi connectivity index (χ2v) is 15.4. The van der Waals surface area contributed by atoms with E-state index in [0.717, 1.165) is 42.6 Å². The van der Waals surface area contributed by atoms with Crippen LogP contribution in [0.15, 0.2) is 47.1 Å². The van der Waals surface area contributed by atoms with Crippen LogP contribution < -0.4 is 33.9 Å². The van der Waals surface area contributed by atoms with Gasteiger partial charge in [-0.2, -0.15) is 0 Å². The molecule has 0 spiro atoms. The molecule has 6 unspecified atom stereocenters. The molecule has 42 heavy (non-hydrogen) atoms. The number of aromatic nitrogens is 1. The van der Waals surface area contributed by atoms with Crippen molar-refractivity contribution in [2.75, 3.05) is 0 Å². The molecular weight excluding hydrogens is 639 g/mol. The molecule has 6 rings (SSSR count). The zero-order valence-electron chi connectivity index (χ0n) is 26.9. The van der Waals surface area contributed by atoms with Crippen molar-refractivity contribution in [3.05, 3.63) is 52.6 Å². The zero-order chi connectivity index (χ0) is 29.7. The topological polar surface area (TPSA) is 68.5 Å². The number of fused-ring (bicyclic) bond motifs is 4. The van der Waals surface area contributed by atoms with E-state index in [2.05, 4.69) is 46.9 Å². The molecule has 7 heteroatoms.